The Morgan fingerprint density at radius 2 is 1.68 bits per heavy atom. The summed E-state index contributed by atoms with van der Waals surface area (Å²) in [7, 11) is 0. The minimum Gasteiger partial charge on any atom is -0.350 e. The van der Waals surface area contributed by atoms with Crippen molar-refractivity contribution in [3.63, 3.8) is 0 Å². The maximum absolute atomic E-state index is 12.8. The Morgan fingerprint density at radius 3 is 2.41 bits per heavy atom. The molecule has 0 saturated heterocycles. The Hall–Kier alpha value is -4.21. The summed E-state index contributed by atoms with van der Waals surface area (Å²) in [5.41, 5.74) is 9.62. The van der Waals surface area contributed by atoms with Crippen LogP contribution in [0.25, 0.3) is 0 Å². The van der Waals surface area contributed by atoms with Crippen LogP contribution in [0.5, 0.6) is 0 Å². The highest BCUT2D eigenvalue weighted by Crippen LogP contribution is 2.07. The molecule has 2 heterocycles. The van der Waals surface area contributed by atoms with Crippen LogP contribution in [0.3, 0.4) is 0 Å². The fourth-order valence-corrected chi connectivity index (χ4v) is 3.29. The SMILES string of the molecule is Cc1ccc(CNC(=O)Cn2c(C)cnc(NNC(=O)NCc3ccccc3C)c2=O)c(C)n1. The largest absolute Gasteiger partial charge is 0.350 e. The van der Waals surface area contributed by atoms with Crippen LogP contribution in [0.1, 0.15) is 33.8 Å². The smallest absolute Gasteiger partial charge is 0.333 e. The Morgan fingerprint density at radius 1 is 0.941 bits per heavy atom. The summed E-state index contributed by atoms with van der Waals surface area (Å²) >= 11 is 0. The maximum Gasteiger partial charge on any atom is 0.333 e. The Kier molecular flexibility index (Phi) is 7.96. The molecule has 0 aliphatic heterocycles. The molecule has 0 spiro atoms. The molecule has 0 aliphatic rings. The highest BCUT2D eigenvalue weighted by Gasteiger charge is 2.13. The molecule has 178 valence electrons. The first-order valence-corrected chi connectivity index (χ1v) is 10.8. The predicted molar refractivity (Wildman–Crippen MR) is 129 cm³/mol. The molecule has 34 heavy (non-hydrogen) atoms. The normalized spacial score (nSPS) is 10.5. The number of rotatable bonds is 8. The van der Waals surface area contributed by atoms with Crippen molar-refractivity contribution >= 4 is 17.8 Å². The molecule has 0 aliphatic carbocycles. The van der Waals surface area contributed by atoms with Crippen LogP contribution in [-0.2, 0) is 24.4 Å². The molecular weight excluding hydrogens is 434 g/mol. The second kappa shape index (κ2) is 11.1. The lowest BCUT2D eigenvalue weighted by Gasteiger charge is -2.14. The van der Waals surface area contributed by atoms with Gasteiger partial charge in [-0.05, 0) is 50.5 Å². The van der Waals surface area contributed by atoms with Crippen molar-refractivity contribution in [1.29, 1.82) is 0 Å². The van der Waals surface area contributed by atoms with E-state index >= 15 is 0 Å². The molecule has 3 rings (SSSR count). The Balaban J connectivity index is 1.57. The number of benzene rings is 1. The van der Waals surface area contributed by atoms with Crippen LogP contribution >= 0.6 is 0 Å². The summed E-state index contributed by atoms with van der Waals surface area (Å²) in [5.74, 6) is -0.422. The number of nitrogens with zero attached hydrogens (tertiary/aromatic N) is 3. The van der Waals surface area contributed by atoms with Crippen molar-refractivity contribution in [2.45, 2.75) is 47.3 Å². The third kappa shape index (κ3) is 6.41. The molecule has 0 unspecified atom stereocenters. The van der Waals surface area contributed by atoms with Crippen LogP contribution in [0.4, 0.5) is 10.6 Å². The van der Waals surface area contributed by atoms with Gasteiger partial charge in [-0.15, -0.1) is 0 Å². The van der Waals surface area contributed by atoms with Gasteiger partial charge in [-0.25, -0.2) is 9.78 Å². The molecule has 1 aromatic carbocycles. The molecule has 0 fully saturated rings. The van der Waals surface area contributed by atoms with Gasteiger partial charge in [0.05, 0.1) is 0 Å². The van der Waals surface area contributed by atoms with Crippen LogP contribution < -0.4 is 27.0 Å². The summed E-state index contributed by atoms with van der Waals surface area (Å²) in [4.78, 5) is 45.8. The lowest BCUT2D eigenvalue weighted by Crippen LogP contribution is -2.42. The molecule has 10 nitrogen and oxygen atoms in total. The second-order valence-electron chi connectivity index (χ2n) is 7.97. The van der Waals surface area contributed by atoms with E-state index in [0.29, 0.717) is 18.8 Å². The lowest BCUT2D eigenvalue weighted by atomic mass is 10.1. The molecule has 4 N–H and O–H groups in total. The third-order valence-electron chi connectivity index (χ3n) is 5.36. The van der Waals surface area contributed by atoms with E-state index in [1.807, 2.05) is 57.2 Å². The van der Waals surface area contributed by atoms with Crippen molar-refractivity contribution in [3.8, 4) is 0 Å². The van der Waals surface area contributed by atoms with E-state index in [9.17, 15) is 14.4 Å². The number of hydrogen-bond acceptors (Lipinski definition) is 6. The summed E-state index contributed by atoms with van der Waals surface area (Å²) in [6.07, 6.45) is 1.46. The number of nitrogens with one attached hydrogen (secondary N) is 4. The summed E-state index contributed by atoms with van der Waals surface area (Å²) < 4.78 is 1.29. The molecule has 0 bridgehead atoms. The fourth-order valence-electron chi connectivity index (χ4n) is 3.29. The first-order chi connectivity index (χ1) is 16.2. The van der Waals surface area contributed by atoms with Gasteiger partial charge in [-0.1, -0.05) is 30.3 Å². The lowest BCUT2D eigenvalue weighted by molar-refractivity contribution is -0.121. The number of hydrazine groups is 1. The second-order valence-corrected chi connectivity index (χ2v) is 7.97. The third-order valence-corrected chi connectivity index (χ3v) is 5.36. The first kappa shape index (κ1) is 24.4. The van der Waals surface area contributed by atoms with Crippen molar-refractivity contribution in [1.82, 2.24) is 30.6 Å². The van der Waals surface area contributed by atoms with Gasteiger partial charge in [0.1, 0.15) is 6.54 Å². The molecule has 2 aromatic heterocycles. The zero-order chi connectivity index (χ0) is 24.7. The number of amides is 3. The average Bonchev–Trinajstić information content (AvgIpc) is 2.80. The number of hydrogen-bond donors (Lipinski definition) is 4. The Labute approximate surface area is 197 Å². The van der Waals surface area contributed by atoms with Gasteiger partial charge in [0.2, 0.25) is 11.7 Å². The quantitative estimate of drug-likeness (QED) is 0.378. The van der Waals surface area contributed by atoms with Gasteiger partial charge in [0.25, 0.3) is 5.56 Å². The maximum atomic E-state index is 12.8. The van der Waals surface area contributed by atoms with E-state index in [4.69, 9.17) is 0 Å². The highest BCUT2D eigenvalue weighted by atomic mass is 16.2. The van der Waals surface area contributed by atoms with E-state index in [0.717, 1.165) is 28.1 Å². The molecular formula is C24H29N7O3. The zero-order valence-corrected chi connectivity index (χ0v) is 19.7. The van der Waals surface area contributed by atoms with Crippen molar-refractivity contribution in [2.75, 3.05) is 5.43 Å². The van der Waals surface area contributed by atoms with Gasteiger partial charge in [-0.2, -0.15) is 0 Å². The fraction of sp³-hybridized carbons (Fsp3) is 0.292. The van der Waals surface area contributed by atoms with Gasteiger partial charge in [0.15, 0.2) is 0 Å². The number of urea groups is 1. The summed E-state index contributed by atoms with van der Waals surface area (Å²) in [6.45, 7) is 7.89. The van der Waals surface area contributed by atoms with E-state index in [1.54, 1.807) is 6.92 Å². The average molecular weight is 464 g/mol. The molecule has 3 amide bonds. The highest BCUT2D eigenvalue weighted by molar-refractivity contribution is 5.76. The monoisotopic (exact) mass is 463 g/mol. The van der Waals surface area contributed by atoms with E-state index < -0.39 is 11.6 Å². The molecule has 0 saturated carbocycles. The molecule has 10 heteroatoms. The van der Waals surface area contributed by atoms with Crippen molar-refractivity contribution in [2.24, 2.45) is 0 Å². The number of anilines is 1. The molecule has 3 aromatic rings. The van der Waals surface area contributed by atoms with E-state index in [1.165, 1.54) is 10.8 Å². The number of carbonyl (C=O) groups excluding carboxylic acids is 2. The van der Waals surface area contributed by atoms with Crippen LogP contribution in [0.15, 0.2) is 47.4 Å². The molecule has 0 radical (unpaired) electrons. The van der Waals surface area contributed by atoms with Crippen LogP contribution in [0, 0.1) is 27.7 Å². The minimum atomic E-state index is -0.525. The van der Waals surface area contributed by atoms with Crippen molar-refractivity contribution < 1.29 is 9.59 Å². The van der Waals surface area contributed by atoms with Crippen LogP contribution in [0.2, 0.25) is 0 Å². The number of pyridine rings is 1. The van der Waals surface area contributed by atoms with Crippen molar-refractivity contribution in [3.05, 3.63) is 86.7 Å². The first-order valence-electron chi connectivity index (χ1n) is 10.8. The summed E-state index contributed by atoms with van der Waals surface area (Å²) in [5, 5.41) is 5.52. The van der Waals surface area contributed by atoms with Gasteiger partial charge in [0, 0.05) is 36.4 Å². The number of aromatic nitrogens is 3. The number of carbonyl (C=O) groups is 2. The molecule has 0 atom stereocenters. The van der Waals surface area contributed by atoms with Gasteiger partial charge >= 0.3 is 6.03 Å². The van der Waals surface area contributed by atoms with E-state index in [-0.39, 0.29) is 18.3 Å². The number of aryl methyl sites for hydroxylation is 4. The summed E-state index contributed by atoms with van der Waals surface area (Å²) in [6, 6.07) is 11.0. The van der Waals surface area contributed by atoms with E-state index in [2.05, 4.69) is 31.5 Å². The van der Waals surface area contributed by atoms with Gasteiger partial charge in [-0.3, -0.25) is 30.0 Å². The predicted octanol–water partition coefficient (Wildman–Crippen LogP) is 2.01. The standard InChI is InChI=1S/C24H29N7O3/c1-15-7-5-6-8-19(15)12-27-24(34)30-29-22-23(33)31(17(3)11-26-22)14-21(32)25-13-20-10-9-16(2)28-18(20)4/h5-11H,12-14H2,1-4H3,(H,25,32)(H,26,29)(H2,27,30,34). The zero-order valence-electron chi connectivity index (χ0n) is 19.7. The van der Waals surface area contributed by atoms with Crippen LogP contribution in [-0.4, -0.2) is 26.5 Å². The Bertz CT molecular complexity index is 1250. The van der Waals surface area contributed by atoms with Gasteiger partial charge < -0.3 is 10.6 Å². The minimum absolute atomic E-state index is 0.0944. The topological polar surface area (TPSA) is 130 Å².